The van der Waals surface area contributed by atoms with Crippen molar-refractivity contribution in [3.8, 4) is 0 Å². The highest BCUT2D eigenvalue weighted by Crippen LogP contribution is 2.27. The van der Waals surface area contributed by atoms with Gasteiger partial charge < -0.3 is 10.3 Å². The average molecular weight is 471 g/mol. The summed E-state index contributed by atoms with van der Waals surface area (Å²) in [5.41, 5.74) is 6.91. The Morgan fingerprint density at radius 1 is 1.06 bits per heavy atom. The lowest BCUT2D eigenvalue weighted by Crippen LogP contribution is -2.35. The van der Waals surface area contributed by atoms with Gasteiger partial charge in [0.2, 0.25) is 0 Å². The minimum Gasteiger partial charge on any atom is -0.363 e. The lowest BCUT2D eigenvalue weighted by molar-refractivity contribution is -0.114. The number of anilines is 1. The monoisotopic (exact) mass is 470 g/mol. The minimum atomic E-state index is -1.11. The van der Waals surface area contributed by atoms with Gasteiger partial charge in [0.05, 0.1) is 0 Å². The number of ketones is 1. The number of primary amides is 1. The quantitative estimate of drug-likeness (QED) is 0.494. The van der Waals surface area contributed by atoms with Crippen molar-refractivity contribution in [3.05, 3.63) is 44.3 Å². The highest BCUT2D eigenvalue weighted by molar-refractivity contribution is 7.14. The summed E-state index contributed by atoms with van der Waals surface area (Å²) in [5.74, 6) is -2.10. The molecule has 2 aliphatic carbocycles. The fraction of sp³-hybridized carbons (Fsp3) is 0.542. The summed E-state index contributed by atoms with van der Waals surface area (Å²) in [6.45, 7) is 0.663. The SMILES string of the molecule is NC(=O)C(=O)c1csc(NC(=O)c2cc3c(n(CC4CCCCC4)c2=O)CCCCCC3)n1. The van der Waals surface area contributed by atoms with Crippen molar-refractivity contribution < 1.29 is 14.4 Å². The molecule has 8 nitrogen and oxygen atoms in total. The van der Waals surface area contributed by atoms with Gasteiger partial charge in [-0.2, -0.15) is 0 Å². The van der Waals surface area contributed by atoms with Crippen LogP contribution in [0.3, 0.4) is 0 Å². The highest BCUT2D eigenvalue weighted by Gasteiger charge is 2.24. The average Bonchev–Trinajstić information content (AvgIpc) is 3.24. The van der Waals surface area contributed by atoms with Crippen molar-refractivity contribution in [2.45, 2.75) is 77.2 Å². The Bertz CT molecular complexity index is 1110. The Labute approximate surface area is 196 Å². The van der Waals surface area contributed by atoms with E-state index in [4.69, 9.17) is 5.73 Å². The minimum absolute atomic E-state index is 0.100. The zero-order valence-corrected chi connectivity index (χ0v) is 19.5. The first-order chi connectivity index (χ1) is 15.9. The molecule has 2 aliphatic rings. The molecule has 2 aromatic rings. The number of pyridine rings is 1. The molecule has 2 aromatic heterocycles. The van der Waals surface area contributed by atoms with Gasteiger partial charge >= 0.3 is 0 Å². The molecule has 4 rings (SSSR count). The third kappa shape index (κ3) is 5.40. The Morgan fingerprint density at radius 3 is 2.48 bits per heavy atom. The molecule has 33 heavy (non-hydrogen) atoms. The zero-order valence-electron chi connectivity index (χ0n) is 18.7. The van der Waals surface area contributed by atoms with E-state index in [1.54, 1.807) is 6.07 Å². The number of nitrogens with two attached hydrogens (primary N) is 1. The fourth-order valence-electron chi connectivity index (χ4n) is 4.94. The molecule has 1 fully saturated rings. The molecule has 9 heteroatoms. The molecule has 0 aliphatic heterocycles. The predicted molar refractivity (Wildman–Crippen MR) is 127 cm³/mol. The van der Waals surface area contributed by atoms with Crippen LogP contribution in [-0.4, -0.2) is 27.1 Å². The fourth-order valence-corrected chi connectivity index (χ4v) is 5.63. The molecular weight excluding hydrogens is 440 g/mol. The maximum absolute atomic E-state index is 13.5. The van der Waals surface area contributed by atoms with Gasteiger partial charge in [0, 0.05) is 17.6 Å². The number of rotatable bonds is 6. The van der Waals surface area contributed by atoms with Gasteiger partial charge in [0.15, 0.2) is 5.13 Å². The second kappa shape index (κ2) is 10.4. The molecule has 176 valence electrons. The number of thiazole rings is 1. The van der Waals surface area contributed by atoms with Crippen LogP contribution in [0, 0.1) is 5.92 Å². The molecule has 0 atom stereocenters. The molecule has 0 radical (unpaired) electrons. The highest BCUT2D eigenvalue weighted by atomic mass is 32.1. The van der Waals surface area contributed by atoms with Crippen LogP contribution in [0.1, 0.15) is 89.9 Å². The summed E-state index contributed by atoms with van der Waals surface area (Å²) in [5, 5.41) is 4.14. The third-order valence-corrected chi connectivity index (χ3v) is 7.45. The van der Waals surface area contributed by atoms with Crippen molar-refractivity contribution >= 4 is 34.1 Å². The van der Waals surface area contributed by atoms with Crippen molar-refractivity contribution in [3.63, 3.8) is 0 Å². The molecule has 0 saturated heterocycles. The summed E-state index contributed by atoms with van der Waals surface area (Å²) in [6, 6.07) is 1.75. The molecular formula is C24H30N4O4S. The van der Waals surface area contributed by atoms with E-state index in [9.17, 15) is 19.2 Å². The van der Waals surface area contributed by atoms with Gasteiger partial charge in [0.25, 0.3) is 23.2 Å². The van der Waals surface area contributed by atoms with Gasteiger partial charge in [-0.25, -0.2) is 4.98 Å². The van der Waals surface area contributed by atoms with Gasteiger partial charge in [-0.15, -0.1) is 11.3 Å². The van der Waals surface area contributed by atoms with E-state index in [1.165, 1.54) is 24.6 Å². The molecule has 3 N–H and O–H groups in total. The van der Waals surface area contributed by atoms with Crippen LogP contribution in [0.4, 0.5) is 5.13 Å². The number of Topliss-reactive ketones (excluding diaryl/α,β-unsaturated/α-hetero) is 1. The maximum Gasteiger partial charge on any atom is 0.291 e. The standard InChI is InChI=1S/C24H30N4O4S/c25-21(30)20(29)18-14-33-24(26-18)27-22(31)17-12-16-10-6-1-2-7-11-19(16)28(23(17)32)13-15-8-4-3-5-9-15/h12,14-15H,1-11,13H2,(H2,25,30)(H,26,27,31). The van der Waals surface area contributed by atoms with E-state index in [2.05, 4.69) is 10.3 Å². The van der Waals surface area contributed by atoms with Crippen LogP contribution >= 0.6 is 11.3 Å². The summed E-state index contributed by atoms with van der Waals surface area (Å²) in [6.07, 6.45) is 12.0. The smallest absolute Gasteiger partial charge is 0.291 e. The van der Waals surface area contributed by atoms with Crippen molar-refractivity contribution in [1.29, 1.82) is 0 Å². The third-order valence-electron chi connectivity index (χ3n) is 6.69. The van der Waals surface area contributed by atoms with E-state index < -0.39 is 17.6 Å². The van der Waals surface area contributed by atoms with Crippen LogP contribution in [0.5, 0.6) is 0 Å². The number of carbonyl (C=O) groups excluding carboxylic acids is 3. The second-order valence-electron chi connectivity index (χ2n) is 9.05. The van der Waals surface area contributed by atoms with Crippen LogP contribution in [0.15, 0.2) is 16.2 Å². The molecule has 0 aromatic carbocycles. The van der Waals surface area contributed by atoms with Crippen LogP contribution in [0.25, 0.3) is 0 Å². The molecule has 0 unspecified atom stereocenters. The lowest BCUT2D eigenvalue weighted by Gasteiger charge is -2.26. The number of nitrogens with zero attached hydrogens (tertiary/aromatic N) is 2. The van der Waals surface area contributed by atoms with Crippen LogP contribution in [-0.2, 0) is 24.2 Å². The normalized spacial score (nSPS) is 17.0. The molecule has 0 spiro atoms. The van der Waals surface area contributed by atoms with E-state index in [1.807, 2.05) is 4.57 Å². The van der Waals surface area contributed by atoms with Crippen molar-refractivity contribution in [2.75, 3.05) is 5.32 Å². The van der Waals surface area contributed by atoms with Crippen molar-refractivity contribution in [2.24, 2.45) is 11.7 Å². The number of hydrogen-bond acceptors (Lipinski definition) is 6. The number of amides is 2. The van der Waals surface area contributed by atoms with E-state index in [-0.39, 0.29) is 21.9 Å². The van der Waals surface area contributed by atoms with Gasteiger partial charge in [-0.05, 0) is 56.1 Å². The summed E-state index contributed by atoms with van der Waals surface area (Å²) in [7, 11) is 0. The molecule has 1 saturated carbocycles. The lowest BCUT2D eigenvalue weighted by atomic mass is 9.88. The summed E-state index contributed by atoms with van der Waals surface area (Å²) < 4.78 is 1.87. The van der Waals surface area contributed by atoms with Gasteiger partial charge in [-0.3, -0.25) is 24.5 Å². The molecule has 2 amide bonds. The second-order valence-corrected chi connectivity index (χ2v) is 9.91. The molecule has 0 bridgehead atoms. The van der Waals surface area contributed by atoms with Crippen LogP contribution < -0.4 is 16.6 Å². The Hall–Kier alpha value is -2.81. The number of aryl methyl sites for hydroxylation is 1. The van der Waals surface area contributed by atoms with E-state index in [0.717, 1.165) is 74.0 Å². The number of aromatic nitrogens is 2. The van der Waals surface area contributed by atoms with E-state index in [0.29, 0.717) is 12.5 Å². The number of nitrogens with one attached hydrogen (secondary N) is 1. The Kier molecular flexibility index (Phi) is 7.37. The first-order valence-corrected chi connectivity index (χ1v) is 12.7. The Balaban J connectivity index is 1.65. The Morgan fingerprint density at radius 2 is 1.76 bits per heavy atom. The summed E-state index contributed by atoms with van der Waals surface area (Å²) >= 11 is 1.01. The maximum atomic E-state index is 13.5. The van der Waals surface area contributed by atoms with Gasteiger partial charge in [-0.1, -0.05) is 32.1 Å². The van der Waals surface area contributed by atoms with Crippen molar-refractivity contribution in [1.82, 2.24) is 9.55 Å². The first-order valence-electron chi connectivity index (χ1n) is 11.8. The number of fused-ring (bicyclic) bond motifs is 1. The number of carbonyl (C=O) groups is 3. The molecule has 2 heterocycles. The zero-order chi connectivity index (χ0) is 23.4. The van der Waals surface area contributed by atoms with Crippen LogP contribution in [0.2, 0.25) is 0 Å². The van der Waals surface area contributed by atoms with Gasteiger partial charge in [0.1, 0.15) is 11.3 Å². The topological polar surface area (TPSA) is 124 Å². The first kappa shape index (κ1) is 23.4. The van der Waals surface area contributed by atoms with E-state index >= 15 is 0 Å². The largest absolute Gasteiger partial charge is 0.363 e. The summed E-state index contributed by atoms with van der Waals surface area (Å²) in [4.78, 5) is 53.4. The predicted octanol–water partition coefficient (Wildman–Crippen LogP) is 3.46. The number of hydrogen-bond donors (Lipinski definition) is 2.